The molecule has 6 rings (SSSR count). The second-order valence-corrected chi connectivity index (χ2v) is 9.59. The van der Waals surface area contributed by atoms with Gasteiger partial charge in [0.2, 0.25) is 0 Å². The van der Waals surface area contributed by atoms with Crippen molar-refractivity contribution in [1.29, 1.82) is 0 Å². The molecule has 0 bridgehead atoms. The highest BCUT2D eigenvalue weighted by Crippen LogP contribution is 2.43. The molecule has 2 atom stereocenters. The van der Waals surface area contributed by atoms with Crippen LogP contribution in [0.2, 0.25) is 0 Å². The summed E-state index contributed by atoms with van der Waals surface area (Å²) >= 11 is 7.45. The summed E-state index contributed by atoms with van der Waals surface area (Å²) in [6, 6.07) is 22.8. The smallest absolute Gasteiger partial charge is 0.194 e. The summed E-state index contributed by atoms with van der Waals surface area (Å²) in [6.45, 7) is 1.76. The summed E-state index contributed by atoms with van der Waals surface area (Å²) in [7, 11) is 0. The van der Waals surface area contributed by atoms with Crippen molar-refractivity contribution in [1.82, 2.24) is 19.9 Å². The fourth-order valence-corrected chi connectivity index (χ4v) is 5.80. The van der Waals surface area contributed by atoms with Crippen LogP contribution in [0.15, 0.2) is 85.2 Å². The third-order valence-electron chi connectivity index (χ3n) is 6.09. The molecule has 5 aromatic rings. The normalized spacial score (nSPS) is 17.9. The summed E-state index contributed by atoms with van der Waals surface area (Å²) in [5.74, 6) is -0.238. The number of fused-ring (bicyclic) bond motifs is 1. The van der Waals surface area contributed by atoms with Crippen LogP contribution in [0.5, 0.6) is 0 Å². The summed E-state index contributed by atoms with van der Waals surface area (Å²) in [4.78, 5) is 11.5. The molecule has 34 heavy (non-hydrogen) atoms. The Balaban J connectivity index is 1.52. The Morgan fingerprint density at radius 1 is 1.03 bits per heavy atom. The van der Waals surface area contributed by atoms with E-state index in [4.69, 9.17) is 17.2 Å². The number of aryl methyl sites for hydroxylation is 1. The summed E-state index contributed by atoms with van der Waals surface area (Å²) in [5, 5.41) is 4.92. The lowest BCUT2D eigenvalue weighted by Crippen LogP contribution is -2.30. The van der Waals surface area contributed by atoms with Gasteiger partial charge in [-0.2, -0.15) is 0 Å². The van der Waals surface area contributed by atoms with Crippen molar-refractivity contribution in [2.45, 2.75) is 19.0 Å². The van der Waals surface area contributed by atoms with Crippen LogP contribution in [-0.4, -0.2) is 19.6 Å². The van der Waals surface area contributed by atoms with E-state index >= 15 is 0 Å². The Kier molecular flexibility index (Phi) is 5.12. The molecule has 5 nitrogen and oxygen atoms in total. The quantitative estimate of drug-likeness (QED) is 0.311. The number of thiazole rings is 1. The number of thiocarbonyl (C=S) groups is 1. The van der Waals surface area contributed by atoms with Gasteiger partial charge in [0.15, 0.2) is 10.2 Å². The van der Waals surface area contributed by atoms with Crippen molar-refractivity contribution >= 4 is 44.6 Å². The number of hydrogen-bond donors (Lipinski definition) is 1. The van der Waals surface area contributed by atoms with E-state index in [0.717, 1.165) is 32.4 Å². The molecule has 0 radical (unpaired) electrons. The Hall–Kier alpha value is -3.62. The van der Waals surface area contributed by atoms with E-state index < -0.39 is 0 Å². The van der Waals surface area contributed by atoms with Crippen LogP contribution in [0.25, 0.3) is 15.3 Å². The van der Waals surface area contributed by atoms with Crippen molar-refractivity contribution in [3.05, 3.63) is 108 Å². The van der Waals surface area contributed by atoms with Crippen LogP contribution in [0.1, 0.15) is 29.0 Å². The maximum atomic E-state index is 14.1. The number of rotatable bonds is 4. The highest BCUT2D eigenvalue weighted by Gasteiger charge is 2.42. The molecule has 1 aliphatic heterocycles. The molecule has 4 heterocycles. The van der Waals surface area contributed by atoms with Gasteiger partial charge in [-0.3, -0.25) is 9.55 Å². The number of nitrogens with zero attached hydrogens (tertiary/aromatic N) is 4. The lowest BCUT2D eigenvalue weighted by Gasteiger charge is -2.28. The molecule has 168 valence electrons. The largest absolute Gasteiger partial charge is 0.351 e. The molecule has 2 aromatic carbocycles. The molecule has 0 spiro atoms. The predicted octanol–water partition coefficient (Wildman–Crippen LogP) is 6.11. The lowest BCUT2D eigenvalue weighted by molar-refractivity contribution is 0.549. The molecule has 1 fully saturated rings. The fourth-order valence-electron chi connectivity index (χ4n) is 4.48. The van der Waals surface area contributed by atoms with E-state index in [1.165, 1.54) is 6.07 Å². The summed E-state index contributed by atoms with van der Waals surface area (Å²) in [5.41, 5.74) is 4.27. The van der Waals surface area contributed by atoms with E-state index in [0.29, 0.717) is 10.7 Å². The minimum atomic E-state index is -0.238. The van der Waals surface area contributed by atoms with Crippen molar-refractivity contribution in [2.75, 3.05) is 4.90 Å². The topological polar surface area (TPSA) is 46.0 Å². The van der Waals surface area contributed by atoms with Crippen molar-refractivity contribution in [3.8, 4) is 5.13 Å². The first-order valence-corrected chi connectivity index (χ1v) is 12.1. The van der Waals surface area contributed by atoms with Gasteiger partial charge in [-0.05, 0) is 79.3 Å². The van der Waals surface area contributed by atoms with Gasteiger partial charge >= 0.3 is 0 Å². The van der Waals surface area contributed by atoms with Crippen molar-refractivity contribution in [2.24, 2.45) is 0 Å². The molecule has 8 heteroatoms. The Labute approximate surface area is 205 Å². The minimum Gasteiger partial charge on any atom is -0.351 e. The van der Waals surface area contributed by atoms with Crippen LogP contribution in [0, 0.1) is 12.7 Å². The van der Waals surface area contributed by atoms with Crippen LogP contribution < -0.4 is 10.2 Å². The number of nitrogens with one attached hydrogen (secondary N) is 1. The van der Waals surface area contributed by atoms with Gasteiger partial charge in [0.1, 0.15) is 11.9 Å². The van der Waals surface area contributed by atoms with Gasteiger partial charge in [0.25, 0.3) is 0 Å². The first-order valence-electron chi connectivity index (χ1n) is 10.9. The van der Waals surface area contributed by atoms with Crippen LogP contribution in [0.3, 0.4) is 0 Å². The van der Waals surface area contributed by atoms with Gasteiger partial charge in [0.05, 0.1) is 27.6 Å². The monoisotopic (exact) mass is 485 g/mol. The highest BCUT2D eigenvalue weighted by atomic mass is 32.1. The maximum absolute atomic E-state index is 14.1. The zero-order chi connectivity index (χ0) is 23.2. The lowest BCUT2D eigenvalue weighted by atomic mass is 10.0. The fraction of sp³-hybridized carbons (Fsp3) is 0.115. The molecule has 0 amide bonds. The average molecular weight is 486 g/mol. The summed E-state index contributed by atoms with van der Waals surface area (Å²) in [6.07, 6.45) is 3.81. The number of benzene rings is 2. The Morgan fingerprint density at radius 2 is 1.88 bits per heavy atom. The van der Waals surface area contributed by atoms with Gasteiger partial charge < -0.3 is 10.2 Å². The number of anilines is 1. The molecular weight excluding hydrogens is 465 g/mol. The molecule has 1 aliphatic rings. The van der Waals surface area contributed by atoms with Crippen LogP contribution in [0.4, 0.5) is 10.1 Å². The SMILES string of the molecule is Cc1cc(N2C(=S)N[C@H](c3ccccn3)[C@H]2c2cccn2-c2nc3ccccc3s2)ccc1F. The van der Waals surface area contributed by atoms with Crippen LogP contribution in [-0.2, 0) is 0 Å². The molecule has 3 aromatic heterocycles. The van der Waals surface area contributed by atoms with Gasteiger partial charge in [-0.15, -0.1) is 0 Å². The minimum absolute atomic E-state index is 0.193. The Bertz CT molecular complexity index is 1480. The highest BCUT2D eigenvalue weighted by molar-refractivity contribution is 7.80. The molecule has 0 aliphatic carbocycles. The number of hydrogen-bond acceptors (Lipinski definition) is 4. The number of halogens is 1. The second-order valence-electron chi connectivity index (χ2n) is 8.20. The second kappa shape index (κ2) is 8.30. The molecule has 1 saturated heterocycles. The predicted molar refractivity (Wildman–Crippen MR) is 138 cm³/mol. The first kappa shape index (κ1) is 20.9. The van der Waals surface area contributed by atoms with E-state index in [1.807, 2.05) is 54.7 Å². The summed E-state index contributed by atoms with van der Waals surface area (Å²) < 4.78 is 17.3. The van der Waals surface area contributed by atoms with Gasteiger partial charge in [-0.25, -0.2) is 9.37 Å². The number of pyridine rings is 1. The molecule has 0 unspecified atom stereocenters. The van der Waals surface area contributed by atoms with E-state index in [9.17, 15) is 4.39 Å². The first-order chi connectivity index (χ1) is 16.6. The average Bonchev–Trinajstić information content (AvgIpc) is 3.57. The zero-order valence-electron chi connectivity index (χ0n) is 18.2. The third kappa shape index (κ3) is 3.46. The third-order valence-corrected chi connectivity index (χ3v) is 7.44. The molecule has 1 N–H and O–H groups in total. The number of aromatic nitrogens is 3. The molecular formula is C26H20FN5S2. The zero-order valence-corrected chi connectivity index (χ0v) is 19.9. The van der Waals surface area contributed by atoms with Gasteiger partial charge in [0, 0.05) is 18.1 Å². The van der Waals surface area contributed by atoms with E-state index in [-0.39, 0.29) is 17.9 Å². The van der Waals surface area contributed by atoms with Crippen molar-refractivity contribution in [3.63, 3.8) is 0 Å². The van der Waals surface area contributed by atoms with Crippen molar-refractivity contribution < 1.29 is 4.39 Å². The van der Waals surface area contributed by atoms with E-state index in [2.05, 4.69) is 31.9 Å². The van der Waals surface area contributed by atoms with Gasteiger partial charge in [-0.1, -0.05) is 29.5 Å². The Morgan fingerprint density at radius 3 is 2.68 bits per heavy atom. The van der Waals surface area contributed by atoms with E-state index in [1.54, 1.807) is 30.5 Å². The van der Waals surface area contributed by atoms with Crippen LogP contribution >= 0.6 is 23.6 Å². The molecule has 0 saturated carbocycles. The maximum Gasteiger partial charge on any atom is 0.194 e. The number of para-hydroxylation sites is 1. The standard InChI is InChI=1S/C26H20FN5S2/c1-16-15-17(11-12-18(16)27)32-24(23(30-25(32)33)20-8-4-5-13-28-20)21-9-6-14-31(21)26-29-19-7-2-3-10-22(19)34-26/h2-15,23-24H,1H3,(H,30,33)/t23-,24-/m1/s1.